The summed E-state index contributed by atoms with van der Waals surface area (Å²) in [7, 11) is 0. The third-order valence-corrected chi connectivity index (χ3v) is 3.36. The third-order valence-electron chi connectivity index (χ3n) is 3.36. The van der Waals surface area contributed by atoms with Crippen LogP contribution in [0.5, 0.6) is 0 Å². The molecule has 1 aromatic carbocycles. The second kappa shape index (κ2) is 9.50. The monoisotopic (exact) mass is 332 g/mol. The van der Waals surface area contributed by atoms with E-state index in [0.29, 0.717) is 0 Å². The Bertz CT molecular complexity index is 609. The molecule has 24 heavy (non-hydrogen) atoms. The number of hydrogen-bond acceptors (Lipinski definition) is 4. The maximum atomic E-state index is 12.1. The van der Waals surface area contributed by atoms with Gasteiger partial charge in [0, 0.05) is 13.0 Å². The lowest BCUT2D eigenvalue weighted by Gasteiger charge is -2.17. The number of carbonyl (C=O) groups excluding carboxylic acids is 3. The number of nitrogens with one attached hydrogen (secondary N) is 2. The Morgan fingerprint density at radius 2 is 1.75 bits per heavy atom. The van der Waals surface area contributed by atoms with E-state index in [4.69, 9.17) is 4.74 Å². The summed E-state index contributed by atoms with van der Waals surface area (Å²) in [6.07, 6.45) is 1.50. The number of esters is 1. The van der Waals surface area contributed by atoms with Crippen molar-refractivity contribution < 1.29 is 19.1 Å². The van der Waals surface area contributed by atoms with Gasteiger partial charge in [-0.15, -0.1) is 0 Å². The largest absolute Gasteiger partial charge is 0.451 e. The fourth-order valence-electron chi connectivity index (χ4n) is 1.72. The highest BCUT2D eigenvalue weighted by Gasteiger charge is 2.16. The molecule has 0 fully saturated rings. The van der Waals surface area contributed by atoms with Crippen molar-refractivity contribution in [2.45, 2.75) is 33.7 Å². The van der Waals surface area contributed by atoms with Crippen molar-refractivity contribution in [3.05, 3.63) is 41.6 Å². The average molecular weight is 332 g/mol. The first-order chi connectivity index (χ1) is 11.3. The predicted molar refractivity (Wildman–Crippen MR) is 91.6 cm³/mol. The molecule has 0 saturated heterocycles. The first-order valence-electron chi connectivity index (χ1n) is 7.80. The van der Waals surface area contributed by atoms with E-state index in [1.807, 2.05) is 39.0 Å². The van der Waals surface area contributed by atoms with E-state index >= 15 is 0 Å². The fraction of sp³-hybridized carbons (Fsp3) is 0.389. The van der Waals surface area contributed by atoms with Gasteiger partial charge in [-0.2, -0.15) is 0 Å². The maximum absolute atomic E-state index is 12.1. The molecule has 1 atom stereocenters. The van der Waals surface area contributed by atoms with E-state index in [9.17, 15) is 14.4 Å². The van der Waals surface area contributed by atoms with Gasteiger partial charge in [0.2, 0.25) is 5.91 Å². The van der Waals surface area contributed by atoms with Gasteiger partial charge >= 0.3 is 5.97 Å². The molecule has 6 heteroatoms. The zero-order valence-corrected chi connectivity index (χ0v) is 14.5. The quantitative estimate of drug-likeness (QED) is 0.590. The number of hydrogen-bond donors (Lipinski definition) is 2. The number of benzene rings is 1. The molecule has 0 unspecified atom stereocenters. The van der Waals surface area contributed by atoms with Gasteiger partial charge in [-0.25, -0.2) is 4.79 Å². The standard InChI is InChI=1S/C18H24N2O4/c1-12(2)13(3)19-17(22)11-24-18(23)16(20-14(4)21)10-15-8-6-5-7-9-15/h5-10,12-13H,11H2,1-4H3,(H,19,22)(H,20,21)/b16-10-/t13-/m0/s1. The van der Waals surface area contributed by atoms with E-state index in [2.05, 4.69) is 10.6 Å². The Morgan fingerprint density at radius 3 is 2.29 bits per heavy atom. The van der Waals surface area contributed by atoms with Crippen molar-refractivity contribution in [1.82, 2.24) is 10.6 Å². The highest BCUT2D eigenvalue weighted by molar-refractivity contribution is 5.98. The van der Waals surface area contributed by atoms with Crippen molar-refractivity contribution in [3.63, 3.8) is 0 Å². The van der Waals surface area contributed by atoms with E-state index in [-0.39, 0.29) is 23.6 Å². The molecule has 130 valence electrons. The van der Waals surface area contributed by atoms with Gasteiger partial charge in [0.1, 0.15) is 5.70 Å². The molecule has 0 bridgehead atoms. The molecule has 1 aromatic rings. The lowest BCUT2D eigenvalue weighted by Crippen LogP contribution is -2.39. The zero-order valence-electron chi connectivity index (χ0n) is 14.5. The third kappa shape index (κ3) is 7.09. The first kappa shape index (κ1) is 19.4. The van der Waals surface area contributed by atoms with Gasteiger partial charge in [0.15, 0.2) is 6.61 Å². The SMILES string of the molecule is CC(=O)N/C(=C\c1ccccc1)C(=O)OCC(=O)N[C@@H](C)C(C)C. The van der Waals surface area contributed by atoms with Crippen LogP contribution in [0.15, 0.2) is 36.0 Å². The van der Waals surface area contributed by atoms with Crippen LogP contribution in [-0.4, -0.2) is 30.4 Å². The molecule has 2 N–H and O–H groups in total. The van der Waals surface area contributed by atoms with Gasteiger partial charge in [-0.05, 0) is 24.5 Å². The van der Waals surface area contributed by atoms with Crippen LogP contribution in [0.1, 0.15) is 33.3 Å². The van der Waals surface area contributed by atoms with E-state index in [1.54, 1.807) is 12.1 Å². The van der Waals surface area contributed by atoms with Crippen LogP contribution in [0.3, 0.4) is 0 Å². The maximum Gasteiger partial charge on any atom is 0.355 e. The summed E-state index contributed by atoms with van der Waals surface area (Å²) >= 11 is 0. The second-order valence-corrected chi connectivity index (χ2v) is 5.83. The fourth-order valence-corrected chi connectivity index (χ4v) is 1.72. The molecule has 0 aliphatic carbocycles. The van der Waals surface area contributed by atoms with Crippen molar-refractivity contribution in [2.75, 3.05) is 6.61 Å². The summed E-state index contributed by atoms with van der Waals surface area (Å²) in [6, 6.07) is 9.00. The highest BCUT2D eigenvalue weighted by Crippen LogP contribution is 2.06. The minimum Gasteiger partial charge on any atom is -0.451 e. The summed E-state index contributed by atoms with van der Waals surface area (Å²) in [5, 5.41) is 5.17. The summed E-state index contributed by atoms with van der Waals surface area (Å²) in [4.78, 5) is 35.2. The van der Waals surface area contributed by atoms with Crippen LogP contribution in [-0.2, 0) is 19.1 Å². The van der Waals surface area contributed by atoms with Crippen molar-refractivity contribution in [2.24, 2.45) is 5.92 Å². The lowest BCUT2D eigenvalue weighted by molar-refractivity contribution is -0.145. The van der Waals surface area contributed by atoms with Crippen LogP contribution < -0.4 is 10.6 Å². The van der Waals surface area contributed by atoms with Gasteiger partial charge in [-0.3, -0.25) is 9.59 Å². The minimum atomic E-state index is -0.763. The Morgan fingerprint density at radius 1 is 1.12 bits per heavy atom. The van der Waals surface area contributed by atoms with E-state index in [1.165, 1.54) is 13.0 Å². The molecule has 2 amide bonds. The Kier molecular flexibility index (Phi) is 7.68. The van der Waals surface area contributed by atoms with Gasteiger partial charge in [-0.1, -0.05) is 44.2 Å². The second-order valence-electron chi connectivity index (χ2n) is 5.83. The summed E-state index contributed by atoms with van der Waals surface area (Å²) in [5.41, 5.74) is 0.717. The van der Waals surface area contributed by atoms with E-state index < -0.39 is 18.5 Å². The average Bonchev–Trinajstić information content (AvgIpc) is 2.52. The molecule has 0 radical (unpaired) electrons. The molecular formula is C18H24N2O4. The molecule has 0 spiro atoms. The summed E-state index contributed by atoms with van der Waals surface area (Å²) < 4.78 is 4.99. The van der Waals surface area contributed by atoms with Crippen LogP contribution in [0.4, 0.5) is 0 Å². The van der Waals surface area contributed by atoms with Gasteiger partial charge in [0.05, 0.1) is 0 Å². The van der Waals surface area contributed by atoms with Crippen LogP contribution in [0, 0.1) is 5.92 Å². The molecule has 1 rings (SSSR count). The number of rotatable bonds is 7. The van der Waals surface area contributed by atoms with Crippen LogP contribution in [0.2, 0.25) is 0 Å². The van der Waals surface area contributed by atoms with Crippen molar-refractivity contribution in [1.29, 1.82) is 0 Å². The topological polar surface area (TPSA) is 84.5 Å². The highest BCUT2D eigenvalue weighted by atomic mass is 16.5. The number of ether oxygens (including phenoxy) is 1. The minimum absolute atomic E-state index is 0.0154. The summed E-state index contributed by atoms with van der Waals surface area (Å²) in [5.74, 6) is -1.27. The Balaban J connectivity index is 2.71. The molecule has 0 aliphatic heterocycles. The van der Waals surface area contributed by atoms with Crippen molar-refractivity contribution in [3.8, 4) is 0 Å². The predicted octanol–water partition coefficient (Wildman–Crippen LogP) is 1.87. The van der Waals surface area contributed by atoms with Crippen LogP contribution >= 0.6 is 0 Å². The number of amides is 2. The Labute approximate surface area is 142 Å². The lowest BCUT2D eigenvalue weighted by atomic mass is 10.1. The van der Waals surface area contributed by atoms with Gasteiger partial charge < -0.3 is 15.4 Å². The van der Waals surface area contributed by atoms with Crippen molar-refractivity contribution >= 4 is 23.9 Å². The van der Waals surface area contributed by atoms with E-state index in [0.717, 1.165) is 5.56 Å². The Hall–Kier alpha value is -2.63. The normalized spacial score (nSPS) is 12.5. The molecule has 0 heterocycles. The molecular weight excluding hydrogens is 308 g/mol. The zero-order chi connectivity index (χ0) is 18.1. The molecule has 6 nitrogen and oxygen atoms in total. The first-order valence-corrected chi connectivity index (χ1v) is 7.80. The molecule has 0 aliphatic rings. The van der Waals surface area contributed by atoms with Crippen LogP contribution in [0.25, 0.3) is 6.08 Å². The molecule has 0 aromatic heterocycles. The molecule has 0 saturated carbocycles. The summed E-state index contributed by atoms with van der Waals surface area (Å²) in [6.45, 7) is 6.73. The van der Waals surface area contributed by atoms with Gasteiger partial charge in [0.25, 0.3) is 5.91 Å². The smallest absolute Gasteiger partial charge is 0.355 e. The number of carbonyl (C=O) groups is 3.